The van der Waals surface area contributed by atoms with Gasteiger partial charge in [0, 0.05) is 25.8 Å². The van der Waals surface area contributed by atoms with Crippen molar-refractivity contribution in [3.8, 4) is 0 Å². The monoisotopic (exact) mass is 312 g/mol. The zero-order chi connectivity index (χ0) is 16.5. The molecule has 0 aliphatic carbocycles. The summed E-state index contributed by atoms with van der Waals surface area (Å²) in [5, 5.41) is 2.90. The Morgan fingerprint density at radius 3 is 2.43 bits per heavy atom. The van der Waals surface area contributed by atoms with Crippen molar-refractivity contribution in [2.24, 2.45) is 0 Å². The van der Waals surface area contributed by atoms with Crippen molar-refractivity contribution in [3.63, 3.8) is 0 Å². The molecule has 0 spiro atoms. The molecule has 2 aromatic rings. The Morgan fingerprint density at radius 2 is 1.78 bits per heavy atom. The molecule has 1 aromatic heterocycles. The van der Waals surface area contributed by atoms with E-state index in [1.807, 2.05) is 30.3 Å². The SMILES string of the molecule is CCCN(CCC)c1nccc(C(=O)NCc2ccccc2)n1. The molecule has 0 bridgehead atoms. The number of carbonyl (C=O) groups excluding carboxylic acids is 1. The molecular weight excluding hydrogens is 288 g/mol. The maximum Gasteiger partial charge on any atom is 0.270 e. The summed E-state index contributed by atoms with van der Waals surface area (Å²) in [4.78, 5) is 23.1. The van der Waals surface area contributed by atoms with E-state index in [0.717, 1.165) is 31.5 Å². The van der Waals surface area contributed by atoms with Crippen LogP contribution in [0.25, 0.3) is 0 Å². The molecule has 1 amide bonds. The van der Waals surface area contributed by atoms with Crippen molar-refractivity contribution < 1.29 is 4.79 Å². The van der Waals surface area contributed by atoms with E-state index in [-0.39, 0.29) is 5.91 Å². The van der Waals surface area contributed by atoms with Gasteiger partial charge in [0.1, 0.15) is 5.69 Å². The number of amides is 1. The van der Waals surface area contributed by atoms with Crippen LogP contribution < -0.4 is 10.2 Å². The molecule has 0 unspecified atom stereocenters. The second-order valence-electron chi connectivity index (χ2n) is 5.40. The molecule has 0 atom stereocenters. The lowest BCUT2D eigenvalue weighted by Crippen LogP contribution is -2.29. The number of nitrogens with one attached hydrogen (secondary N) is 1. The van der Waals surface area contributed by atoms with E-state index >= 15 is 0 Å². The van der Waals surface area contributed by atoms with Gasteiger partial charge in [0.15, 0.2) is 0 Å². The van der Waals surface area contributed by atoms with Crippen LogP contribution in [0.3, 0.4) is 0 Å². The largest absolute Gasteiger partial charge is 0.347 e. The smallest absolute Gasteiger partial charge is 0.270 e. The minimum Gasteiger partial charge on any atom is -0.347 e. The van der Waals surface area contributed by atoms with Crippen LogP contribution in [-0.2, 0) is 6.54 Å². The first kappa shape index (κ1) is 16.9. The highest BCUT2D eigenvalue weighted by molar-refractivity contribution is 5.92. The fourth-order valence-electron chi connectivity index (χ4n) is 2.35. The molecule has 1 heterocycles. The lowest BCUT2D eigenvalue weighted by atomic mass is 10.2. The minimum absolute atomic E-state index is 0.176. The predicted molar refractivity (Wildman–Crippen MR) is 92.4 cm³/mol. The molecule has 5 nitrogen and oxygen atoms in total. The summed E-state index contributed by atoms with van der Waals surface area (Å²) >= 11 is 0. The van der Waals surface area contributed by atoms with Gasteiger partial charge in [-0.05, 0) is 24.5 Å². The second-order valence-corrected chi connectivity index (χ2v) is 5.40. The van der Waals surface area contributed by atoms with Crippen LogP contribution in [0, 0.1) is 0 Å². The highest BCUT2D eigenvalue weighted by Crippen LogP contribution is 2.09. The van der Waals surface area contributed by atoms with Gasteiger partial charge < -0.3 is 10.2 Å². The molecule has 1 aromatic carbocycles. The van der Waals surface area contributed by atoms with E-state index in [2.05, 4.69) is 34.0 Å². The average molecular weight is 312 g/mol. The molecule has 0 saturated carbocycles. The number of hydrogen-bond donors (Lipinski definition) is 1. The number of nitrogens with zero attached hydrogens (tertiary/aromatic N) is 3. The Morgan fingerprint density at radius 1 is 1.09 bits per heavy atom. The maximum absolute atomic E-state index is 12.3. The fraction of sp³-hybridized carbons (Fsp3) is 0.389. The number of aromatic nitrogens is 2. The minimum atomic E-state index is -0.176. The summed E-state index contributed by atoms with van der Waals surface area (Å²) in [6.45, 7) is 6.52. The van der Waals surface area contributed by atoms with Crippen molar-refractivity contribution in [2.45, 2.75) is 33.2 Å². The van der Waals surface area contributed by atoms with Crippen molar-refractivity contribution in [1.29, 1.82) is 0 Å². The first-order chi connectivity index (χ1) is 11.2. The molecule has 23 heavy (non-hydrogen) atoms. The molecular formula is C18H24N4O. The topological polar surface area (TPSA) is 58.1 Å². The summed E-state index contributed by atoms with van der Waals surface area (Å²) in [6.07, 6.45) is 3.69. The average Bonchev–Trinajstić information content (AvgIpc) is 2.60. The van der Waals surface area contributed by atoms with E-state index in [1.165, 1.54) is 0 Å². The number of carbonyl (C=O) groups is 1. The number of hydrogen-bond acceptors (Lipinski definition) is 4. The Hall–Kier alpha value is -2.43. The number of benzene rings is 1. The summed E-state index contributed by atoms with van der Waals surface area (Å²) in [6, 6.07) is 11.5. The summed E-state index contributed by atoms with van der Waals surface area (Å²) in [5.41, 5.74) is 1.47. The standard InChI is InChI=1S/C18H24N4O/c1-3-12-22(13-4-2)18-19-11-10-16(21-18)17(23)20-14-15-8-6-5-7-9-15/h5-11H,3-4,12-14H2,1-2H3,(H,20,23). The summed E-state index contributed by atoms with van der Waals surface area (Å²) in [5.74, 6) is 0.450. The van der Waals surface area contributed by atoms with E-state index in [4.69, 9.17) is 0 Å². The van der Waals surface area contributed by atoms with Crippen LogP contribution in [0.15, 0.2) is 42.6 Å². The Kier molecular flexibility index (Phi) is 6.54. The molecule has 0 aliphatic heterocycles. The summed E-state index contributed by atoms with van der Waals surface area (Å²) < 4.78 is 0. The normalized spacial score (nSPS) is 10.3. The molecule has 0 aliphatic rings. The predicted octanol–water partition coefficient (Wildman–Crippen LogP) is 3.03. The van der Waals surface area contributed by atoms with Crippen LogP contribution in [0.1, 0.15) is 42.7 Å². The molecule has 2 rings (SSSR count). The molecule has 122 valence electrons. The Labute approximate surface area is 137 Å². The van der Waals surface area contributed by atoms with Crippen molar-refractivity contribution >= 4 is 11.9 Å². The fourth-order valence-corrected chi connectivity index (χ4v) is 2.35. The zero-order valence-electron chi connectivity index (χ0n) is 13.8. The van der Waals surface area contributed by atoms with Crippen LogP contribution in [0.4, 0.5) is 5.95 Å². The van der Waals surface area contributed by atoms with Gasteiger partial charge in [0.05, 0.1) is 0 Å². The van der Waals surface area contributed by atoms with E-state index in [0.29, 0.717) is 18.2 Å². The van der Waals surface area contributed by atoms with E-state index < -0.39 is 0 Å². The van der Waals surface area contributed by atoms with Crippen molar-refractivity contribution in [2.75, 3.05) is 18.0 Å². The molecule has 0 saturated heterocycles. The molecule has 1 N–H and O–H groups in total. The van der Waals surface area contributed by atoms with E-state index in [9.17, 15) is 4.79 Å². The Balaban J connectivity index is 2.04. The van der Waals surface area contributed by atoms with Crippen LogP contribution in [0.2, 0.25) is 0 Å². The van der Waals surface area contributed by atoms with Crippen molar-refractivity contribution in [1.82, 2.24) is 15.3 Å². The molecule has 0 radical (unpaired) electrons. The van der Waals surface area contributed by atoms with Crippen LogP contribution >= 0.6 is 0 Å². The highest BCUT2D eigenvalue weighted by Gasteiger charge is 2.12. The zero-order valence-corrected chi connectivity index (χ0v) is 13.8. The number of rotatable bonds is 8. The third kappa shape index (κ3) is 5.06. The van der Waals surface area contributed by atoms with Crippen LogP contribution in [0.5, 0.6) is 0 Å². The number of anilines is 1. The van der Waals surface area contributed by atoms with Gasteiger partial charge in [-0.15, -0.1) is 0 Å². The lowest BCUT2D eigenvalue weighted by molar-refractivity contribution is 0.0946. The van der Waals surface area contributed by atoms with Gasteiger partial charge in [0.25, 0.3) is 5.91 Å². The quantitative estimate of drug-likeness (QED) is 0.814. The summed E-state index contributed by atoms with van der Waals surface area (Å²) in [7, 11) is 0. The lowest BCUT2D eigenvalue weighted by Gasteiger charge is -2.21. The third-order valence-corrected chi connectivity index (χ3v) is 3.44. The highest BCUT2D eigenvalue weighted by atomic mass is 16.1. The van der Waals surface area contributed by atoms with Crippen LogP contribution in [-0.4, -0.2) is 29.0 Å². The van der Waals surface area contributed by atoms with Gasteiger partial charge in [-0.1, -0.05) is 44.2 Å². The molecule has 5 heteroatoms. The first-order valence-electron chi connectivity index (χ1n) is 8.14. The van der Waals surface area contributed by atoms with Gasteiger partial charge in [-0.3, -0.25) is 4.79 Å². The maximum atomic E-state index is 12.3. The Bertz CT molecular complexity index is 609. The van der Waals surface area contributed by atoms with E-state index in [1.54, 1.807) is 12.3 Å². The second kappa shape index (κ2) is 8.88. The van der Waals surface area contributed by atoms with Gasteiger partial charge in [0.2, 0.25) is 5.95 Å². The van der Waals surface area contributed by atoms with Gasteiger partial charge in [-0.25, -0.2) is 9.97 Å². The first-order valence-corrected chi connectivity index (χ1v) is 8.14. The van der Waals surface area contributed by atoms with Gasteiger partial charge >= 0.3 is 0 Å². The third-order valence-electron chi connectivity index (χ3n) is 3.44. The van der Waals surface area contributed by atoms with Crippen molar-refractivity contribution in [3.05, 3.63) is 53.9 Å². The molecule has 0 fully saturated rings. The van der Waals surface area contributed by atoms with Gasteiger partial charge in [-0.2, -0.15) is 0 Å².